The van der Waals surface area contributed by atoms with E-state index in [0.717, 1.165) is 24.9 Å². The molecule has 266 valence electrons. The Morgan fingerprint density at radius 1 is 0.918 bits per heavy atom. The van der Waals surface area contributed by atoms with Gasteiger partial charge in [-0.05, 0) is 82.1 Å². The van der Waals surface area contributed by atoms with Crippen molar-refractivity contribution in [1.29, 1.82) is 0 Å². The molecule has 49 heavy (non-hydrogen) atoms. The number of amides is 4. The highest BCUT2D eigenvalue weighted by Crippen LogP contribution is 2.35. The van der Waals surface area contributed by atoms with Crippen LogP contribution in [0.3, 0.4) is 0 Å². The molecule has 0 unspecified atom stereocenters. The van der Waals surface area contributed by atoms with Gasteiger partial charge in [0, 0.05) is 51.6 Å². The lowest BCUT2D eigenvalue weighted by Gasteiger charge is -2.43. The van der Waals surface area contributed by atoms with Crippen LogP contribution in [0.5, 0.6) is 0 Å². The summed E-state index contributed by atoms with van der Waals surface area (Å²) >= 11 is 0. The molecule has 2 aliphatic rings. The summed E-state index contributed by atoms with van der Waals surface area (Å²) in [7, 11) is 3.23. The molecule has 1 heterocycles. The number of benzene rings is 2. The van der Waals surface area contributed by atoms with E-state index in [9.17, 15) is 24.0 Å². The predicted molar refractivity (Wildman–Crippen MR) is 190 cm³/mol. The van der Waals surface area contributed by atoms with Crippen LogP contribution in [0.25, 0.3) is 0 Å². The number of ketones is 2. The molecule has 4 amide bonds. The van der Waals surface area contributed by atoms with Gasteiger partial charge in [0.2, 0.25) is 5.91 Å². The zero-order valence-electron chi connectivity index (χ0n) is 30.5. The van der Waals surface area contributed by atoms with Gasteiger partial charge >= 0.3 is 12.1 Å². The van der Waals surface area contributed by atoms with Crippen molar-refractivity contribution in [2.75, 3.05) is 38.6 Å². The molecule has 0 saturated carbocycles. The average molecular weight is 675 g/mol. The number of para-hydroxylation sites is 1. The van der Waals surface area contributed by atoms with Crippen LogP contribution in [0.4, 0.5) is 15.3 Å². The number of hydrogen-bond acceptors (Lipinski definition) is 6. The van der Waals surface area contributed by atoms with Crippen LogP contribution in [-0.4, -0.2) is 95.7 Å². The van der Waals surface area contributed by atoms with Crippen LogP contribution in [0, 0.1) is 11.8 Å². The van der Waals surface area contributed by atoms with Crippen LogP contribution in [0.15, 0.2) is 54.6 Å². The van der Waals surface area contributed by atoms with E-state index in [0.29, 0.717) is 0 Å². The summed E-state index contributed by atoms with van der Waals surface area (Å²) in [4.78, 5) is 74.8. The number of hydrogen-bond donors (Lipinski definition) is 0. The first-order valence-corrected chi connectivity index (χ1v) is 17.6. The monoisotopic (exact) mass is 674 g/mol. The van der Waals surface area contributed by atoms with Crippen molar-refractivity contribution in [3.05, 3.63) is 65.7 Å². The van der Waals surface area contributed by atoms with Gasteiger partial charge < -0.3 is 19.4 Å². The van der Waals surface area contributed by atoms with E-state index in [1.807, 2.05) is 56.3 Å². The zero-order chi connectivity index (χ0) is 36.0. The summed E-state index contributed by atoms with van der Waals surface area (Å²) in [6, 6.07) is 15.7. The van der Waals surface area contributed by atoms with Gasteiger partial charge in [0.05, 0.1) is 12.6 Å². The maximum absolute atomic E-state index is 14.4. The molecule has 0 bridgehead atoms. The molecule has 2 aromatic rings. The van der Waals surface area contributed by atoms with Crippen LogP contribution in [-0.2, 0) is 25.5 Å². The number of likely N-dealkylation sites (N-methyl/N-ethyl adjacent to an activating group) is 1. The molecule has 0 spiro atoms. The van der Waals surface area contributed by atoms with Crippen molar-refractivity contribution in [3.63, 3.8) is 0 Å². The summed E-state index contributed by atoms with van der Waals surface area (Å²) in [5.74, 6) is -1.50. The molecule has 4 rings (SSSR count). The molecule has 1 fully saturated rings. The second-order valence-electron chi connectivity index (χ2n) is 14.9. The predicted octanol–water partition coefficient (Wildman–Crippen LogP) is 6.32. The maximum atomic E-state index is 14.4. The lowest BCUT2D eigenvalue weighted by molar-refractivity contribution is -0.148. The van der Waals surface area contributed by atoms with E-state index in [4.69, 9.17) is 4.74 Å². The Hall–Kier alpha value is -4.21. The van der Waals surface area contributed by atoms with Gasteiger partial charge in [-0.1, -0.05) is 56.3 Å². The van der Waals surface area contributed by atoms with Crippen LogP contribution in [0.2, 0.25) is 0 Å². The Balaban J connectivity index is 1.57. The number of ether oxygens (including phenoxy) is 1. The summed E-state index contributed by atoms with van der Waals surface area (Å²) < 4.78 is 5.45. The smallest absolute Gasteiger partial charge is 0.410 e. The molecular weight excluding hydrogens is 620 g/mol. The molecule has 10 nitrogen and oxygen atoms in total. The van der Waals surface area contributed by atoms with Crippen molar-refractivity contribution in [2.24, 2.45) is 11.8 Å². The minimum atomic E-state index is -0.846. The lowest BCUT2D eigenvalue weighted by atomic mass is 9.79. The average Bonchev–Trinajstić information content (AvgIpc) is 3.08. The summed E-state index contributed by atoms with van der Waals surface area (Å²) in [6.07, 6.45) is 2.42. The number of anilines is 1. The summed E-state index contributed by atoms with van der Waals surface area (Å²) in [5.41, 5.74) is 2.46. The Kier molecular flexibility index (Phi) is 12.3. The number of carbonyl (C=O) groups is 5. The number of aryl methyl sites for hydroxylation is 1. The fourth-order valence-corrected chi connectivity index (χ4v) is 6.83. The van der Waals surface area contributed by atoms with Gasteiger partial charge in [-0.2, -0.15) is 0 Å². The van der Waals surface area contributed by atoms with Gasteiger partial charge in [0.15, 0.2) is 11.6 Å². The van der Waals surface area contributed by atoms with Gasteiger partial charge in [-0.15, -0.1) is 0 Å². The highest BCUT2D eigenvalue weighted by atomic mass is 16.6. The second-order valence-corrected chi connectivity index (χ2v) is 14.9. The number of rotatable bonds is 10. The number of urea groups is 1. The van der Waals surface area contributed by atoms with Gasteiger partial charge in [0.25, 0.3) is 0 Å². The van der Waals surface area contributed by atoms with E-state index in [1.165, 1.54) is 23.1 Å². The van der Waals surface area contributed by atoms with Crippen molar-refractivity contribution in [1.82, 2.24) is 14.7 Å². The van der Waals surface area contributed by atoms with Gasteiger partial charge in [-0.25, -0.2) is 9.59 Å². The fraction of sp³-hybridized carbons (Fsp3) is 0.564. The maximum Gasteiger partial charge on any atom is 0.410 e. The van der Waals surface area contributed by atoms with Gasteiger partial charge in [0.1, 0.15) is 11.6 Å². The second kappa shape index (κ2) is 16.0. The van der Waals surface area contributed by atoms with E-state index >= 15 is 0 Å². The molecule has 0 aromatic heterocycles. The molecule has 1 saturated heterocycles. The zero-order valence-corrected chi connectivity index (χ0v) is 30.5. The number of fused-ring (bicyclic) bond motifs is 1. The first-order valence-electron chi connectivity index (χ1n) is 17.6. The van der Waals surface area contributed by atoms with Crippen molar-refractivity contribution in [2.45, 2.75) is 97.2 Å². The Morgan fingerprint density at radius 2 is 1.57 bits per heavy atom. The molecule has 4 atom stereocenters. The molecule has 0 N–H and O–H groups in total. The Morgan fingerprint density at radius 3 is 2.22 bits per heavy atom. The molecule has 2 aromatic carbocycles. The topological polar surface area (TPSA) is 108 Å². The molecule has 1 aliphatic carbocycles. The van der Waals surface area contributed by atoms with Gasteiger partial charge in [-0.3, -0.25) is 19.3 Å². The van der Waals surface area contributed by atoms with E-state index in [2.05, 4.69) is 12.1 Å². The highest BCUT2D eigenvalue weighted by Gasteiger charge is 2.42. The Labute approximate surface area is 291 Å². The highest BCUT2D eigenvalue weighted by molar-refractivity contribution is 5.96. The molecular formula is C39H54N4O6. The van der Waals surface area contributed by atoms with Crippen molar-refractivity contribution in [3.8, 4) is 0 Å². The quantitative estimate of drug-likeness (QED) is 0.292. The normalized spacial score (nSPS) is 19.0. The van der Waals surface area contributed by atoms with E-state index in [-0.39, 0.29) is 67.8 Å². The van der Waals surface area contributed by atoms with Crippen LogP contribution in [0.1, 0.15) is 84.3 Å². The number of carbonyl (C=O) groups excluding carboxylic acids is 5. The van der Waals surface area contributed by atoms with E-state index < -0.39 is 29.7 Å². The fourth-order valence-electron chi connectivity index (χ4n) is 6.83. The van der Waals surface area contributed by atoms with Crippen molar-refractivity contribution < 1.29 is 28.7 Å². The standard InChI is InChI=1S/C39H54N4O6/c1-26(2)32(24-34(44)27(3)40(7)38(48)49-39(4,5)6)36(46)43-22-21-42(37(47)41(8)30-18-10-9-11-19-30)25-33(43)35(45)23-29-17-14-16-28-15-12-13-20-31(28)29/h9-13,15,18-20,26-27,29,32-33H,14,16-17,21-25H2,1-8H3/t27-,29-,32-,33-/m0/s1. The van der Waals surface area contributed by atoms with E-state index in [1.54, 1.807) is 49.4 Å². The minimum Gasteiger partial charge on any atom is -0.444 e. The third-order valence-corrected chi connectivity index (χ3v) is 9.95. The number of nitrogens with zero attached hydrogens (tertiary/aromatic N) is 4. The SMILES string of the molecule is CC(C)[C@H](CC(=O)[C@H](C)N(C)C(=O)OC(C)(C)C)C(=O)N1CCN(C(=O)N(C)c2ccccc2)C[C@H]1C(=O)C[C@@H]1CCCc2ccccc21. The van der Waals surface area contributed by atoms with Crippen LogP contribution < -0.4 is 4.90 Å². The lowest BCUT2D eigenvalue weighted by Crippen LogP contribution is -2.62. The molecule has 1 aliphatic heterocycles. The third kappa shape index (κ3) is 9.28. The Bertz CT molecular complexity index is 1500. The van der Waals surface area contributed by atoms with Crippen molar-refractivity contribution >= 4 is 35.3 Å². The molecule has 0 radical (unpaired) electrons. The van der Waals surface area contributed by atoms with Crippen LogP contribution >= 0.6 is 0 Å². The first kappa shape index (κ1) is 37.6. The third-order valence-electron chi connectivity index (χ3n) is 9.95. The molecule has 10 heteroatoms. The first-order chi connectivity index (χ1) is 23.1. The summed E-state index contributed by atoms with van der Waals surface area (Å²) in [6.45, 7) is 11.2. The largest absolute Gasteiger partial charge is 0.444 e. The summed E-state index contributed by atoms with van der Waals surface area (Å²) in [5, 5.41) is 0. The number of Topliss-reactive ketones (excluding diaryl/α,β-unsaturated/α-hetero) is 2. The minimum absolute atomic E-state index is 0.0409. The number of piperazine rings is 1.